The number of piperazine rings is 1. The van der Waals surface area contributed by atoms with Gasteiger partial charge in [-0.05, 0) is 44.5 Å². The minimum atomic E-state index is -1.07. The van der Waals surface area contributed by atoms with Crippen molar-refractivity contribution in [3.63, 3.8) is 0 Å². The summed E-state index contributed by atoms with van der Waals surface area (Å²) in [7, 11) is 0. The van der Waals surface area contributed by atoms with Crippen LogP contribution in [0.2, 0.25) is 0 Å². The summed E-state index contributed by atoms with van der Waals surface area (Å²) in [6.45, 7) is 5.02. The first-order valence-electron chi connectivity index (χ1n) is 7.60. The average molecular weight is 292 g/mol. The van der Waals surface area contributed by atoms with Crippen molar-refractivity contribution >= 4 is 11.7 Å². The Morgan fingerprint density at radius 1 is 1.33 bits per heavy atom. The predicted molar refractivity (Wildman–Crippen MR) is 79.4 cm³/mol. The van der Waals surface area contributed by atoms with Gasteiger partial charge in [-0.3, -0.25) is 4.90 Å². The third-order valence-corrected chi connectivity index (χ3v) is 4.69. The van der Waals surface area contributed by atoms with Crippen molar-refractivity contribution in [1.29, 1.82) is 0 Å². The Morgan fingerprint density at radius 3 is 2.90 bits per heavy atom. The van der Waals surface area contributed by atoms with Crippen LogP contribution in [0.25, 0.3) is 0 Å². The molecule has 3 rings (SSSR count). The van der Waals surface area contributed by atoms with Gasteiger partial charge in [-0.25, -0.2) is 9.18 Å². The van der Waals surface area contributed by atoms with Crippen LogP contribution in [0.15, 0.2) is 18.2 Å². The van der Waals surface area contributed by atoms with Gasteiger partial charge in [-0.2, -0.15) is 0 Å². The number of rotatable bonds is 2. The second kappa shape index (κ2) is 5.64. The maximum absolute atomic E-state index is 13.4. The molecular weight excluding hydrogens is 271 g/mol. The molecule has 0 saturated carbocycles. The van der Waals surface area contributed by atoms with E-state index in [1.54, 1.807) is 6.07 Å². The summed E-state index contributed by atoms with van der Waals surface area (Å²) in [6, 6.07) is 4.80. The fourth-order valence-electron chi connectivity index (χ4n) is 3.62. The van der Waals surface area contributed by atoms with E-state index in [-0.39, 0.29) is 11.6 Å². The molecule has 2 atom stereocenters. The highest BCUT2D eigenvalue weighted by Crippen LogP contribution is 2.30. The van der Waals surface area contributed by atoms with Gasteiger partial charge in [0.05, 0.1) is 11.3 Å². The zero-order chi connectivity index (χ0) is 15.0. The lowest BCUT2D eigenvalue weighted by atomic mass is 9.96. The first kappa shape index (κ1) is 14.3. The Kier molecular flexibility index (Phi) is 3.85. The summed E-state index contributed by atoms with van der Waals surface area (Å²) >= 11 is 0. The lowest BCUT2D eigenvalue weighted by molar-refractivity contribution is 0.0695. The van der Waals surface area contributed by atoms with Gasteiger partial charge in [0.2, 0.25) is 0 Å². The minimum Gasteiger partial charge on any atom is -0.478 e. The highest BCUT2D eigenvalue weighted by molar-refractivity contribution is 5.94. The smallest absolute Gasteiger partial charge is 0.337 e. The molecule has 4 nitrogen and oxygen atoms in total. The molecule has 0 amide bonds. The van der Waals surface area contributed by atoms with E-state index < -0.39 is 11.8 Å². The minimum absolute atomic E-state index is 0.0612. The van der Waals surface area contributed by atoms with Gasteiger partial charge in [0.25, 0.3) is 0 Å². The fraction of sp³-hybridized carbons (Fsp3) is 0.562. The van der Waals surface area contributed by atoms with Gasteiger partial charge < -0.3 is 10.0 Å². The molecule has 0 spiro atoms. The number of nitrogens with zero attached hydrogens (tertiary/aromatic N) is 2. The number of piperidine rings is 1. The number of hydrogen-bond donors (Lipinski definition) is 1. The lowest BCUT2D eigenvalue weighted by Gasteiger charge is -2.48. The second-order valence-corrected chi connectivity index (χ2v) is 6.11. The molecule has 114 valence electrons. The van der Waals surface area contributed by atoms with E-state index in [1.165, 1.54) is 18.9 Å². The molecule has 5 heteroatoms. The molecule has 0 aliphatic carbocycles. The number of fused-ring (bicyclic) bond motifs is 1. The van der Waals surface area contributed by atoms with Crippen LogP contribution in [0, 0.1) is 5.82 Å². The molecular formula is C16H21FN2O2. The van der Waals surface area contributed by atoms with Crippen molar-refractivity contribution in [3.05, 3.63) is 29.6 Å². The Balaban J connectivity index is 1.91. The van der Waals surface area contributed by atoms with Crippen molar-refractivity contribution in [2.45, 2.75) is 38.3 Å². The lowest BCUT2D eigenvalue weighted by Crippen LogP contribution is -2.59. The van der Waals surface area contributed by atoms with Crippen LogP contribution in [0.3, 0.4) is 0 Å². The Hall–Kier alpha value is -1.62. The van der Waals surface area contributed by atoms with E-state index in [0.29, 0.717) is 11.7 Å². The number of carboxylic acid groups (broad SMARTS) is 1. The predicted octanol–water partition coefficient (Wildman–Crippen LogP) is 2.59. The highest BCUT2D eigenvalue weighted by Gasteiger charge is 2.34. The molecule has 2 heterocycles. The zero-order valence-corrected chi connectivity index (χ0v) is 12.3. The quantitative estimate of drug-likeness (QED) is 0.910. The third kappa shape index (κ3) is 2.75. The number of carboxylic acids is 1. The fourth-order valence-corrected chi connectivity index (χ4v) is 3.62. The number of anilines is 1. The molecule has 2 fully saturated rings. The first-order chi connectivity index (χ1) is 10.1. The highest BCUT2D eigenvalue weighted by atomic mass is 19.1. The molecule has 0 aromatic heterocycles. The monoisotopic (exact) mass is 292 g/mol. The molecule has 0 bridgehead atoms. The molecule has 2 saturated heterocycles. The van der Waals surface area contributed by atoms with Gasteiger partial charge in [0.15, 0.2) is 0 Å². The summed E-state index contributed by atoms with van der Waals surface area (Å²) in [6.07, 6.45) is 3.64. The van der Waals surface area contributed by atoms with Crippen LogP contribution in [-0.2, 0) is 0 Å². The van der Waals surface area contributed by atoms with E-state index in [2.05, 4.69) is 16.7 Å². The molecule has 1 aromatic carbocycles. The third-order valence-electron chi connectivity index (χ3n) is 4.69. The van der Waals surface area contributed by atoms with Crippen molar-refractivity contribution in [3.8, 4) is 0 Å². The molecule has 1 aromatic rings. The summed E-state index contributed by atoms with van der Waals surface area (Å²) in [5.74, 6) is -1.57. The second-order valence-electron chi connectivity index (χ2n) is 6.11. The van der Waals surface area contributed by atoms with E-state index in [1.807, 2.05) is 0 Å². The van der Waals surface area contributed by atoms with Crippen LogP contribution < -0.4 is 4.90 Å². The number of aromatic carboxylic acids is 1. The van der Waals surface area contributed by atoms with Crippen molar-refractivity contribution in [2.75, 3.05) is 24.5 Å². The van der Waals surface area contributed by atoms with Gasteiger partial charge in [0, 0.05) is 25.2 Å². The number of carbonyl (C=O) groups is 1. The number of benzene rings is 1. The van der Waals surface area contributed by atoms with E-state index >= 15 is 0 Å². The molecule has 0 radical (unpaired) electrons. The van der Waals surface area contributed by atoms with Gasteiger partial charge in [0.1, 0.15) is 5.82 Å². The molecule has 2 aliphatic rings. The van der Waals surface area contributed by atoms with Crippen molar-refractivity contribution in [1.82, 2.24) is 4.90 Å². The summed E-state index contributed by atoms with van der Waals surface area (Å²) in [5, 5.41) is 9.34. The van der Waals surface area contributed by atoms with E-state index in [9.17, 15) is 14.3 Å². The van der Waals surface area contributed by atoms with Crippen molar-refractivity contribution < 1.29 is 14.3 Å². The van der Waals surface area contributed by atoms with Gasteiger partial charge in [-0.1, -0.05) is 6.42 Å². The Morgan fingerprint density at radius 2 is 2.14 bits per heavy atom. The van der Waals surface area contributed by atoms with Crippen LogP contribution in [0.1, 0.15) is 36.5 Å². The number of hydrogen-bond acceptors (Lipinski definition) is 3. The van der Waals surface area contributed by atoms with Crippen LogP contribution in [-0.4, -0.2) is 47.7 Å². The van der Waals surface area contributed by atoms with Gasteiger partial charge in [-0.15, -0.1) is 0 Å². The van der Waals surface area contributed by atoms with Crippen molar-refractivity contribution in [2.24, 2.45) is 0 Å². The topological polar surface area (TPSA) is 43.8 Å². The first-order valence-corrected chi connectivity index (χ1v) is 7.60. The van der Waals surface area contributed by atoms with E-state index in [4.69, 9.17) is 0 Å². The molecule has 21 heavy (non-hydrogen) atoms. The molecule has 1 N–H and O–H groups in total. The van der Waals surface area contributed by atoms with Crippen LogP contribution in [0.4, 0.5) is 10.1 Å². The SMILES string of the molecule is CC1CN2CCCCC2CN1c1ccc(F)cc1C(=O)O. The standard InChI is InChI=1S/C16H21FN2O2/c1-11-9-18-7-3-2-4-13(18)10-19(11)15-6-5-12(17)8-14(15)16(20)21/h5-6,8,11,13H,2-4,7,9-10H2,1H3,(H,20,21). The molecule has 2 unspecified atom stereocenters. The summed E-state index contributed by atoms with van der Waals surface area (Å²) in [5.41, 5.74) is 0.702. The molecule has 2 aliphatic heterocycles. The normalized spacial score (nSPS) is 26.5. The largest absolute Gasteiger partial charge is 0.478 e. The summed E-state index contributed by atoms with van der Waals surface area (Å²) < 4.78 is 13.4. The van der Waals surface area contributed by atoms with Crippen LogP contribution in [0.5, 0.6) is 0 Å². The van der Waals surface area contributed by atoms with Gasteiger partial charge >= 0.3 is 5.97 Å². The summed E-state index contributed by atoms with van der Waals surface area (Å²) in [4.78, 5) is 16.0. The van der Waals surface area contributed by atoms with E-state index in [0.717, 1.165) is 32.1 Å². The Labute approximate surface area is 124 Å². The van der Waals surface area contributed by atoms with Crippen LogP contribution >= 0.6 is 0 Å². The zero-order valence-electron chi connectivity index (χ0n) is 12.3. The Bertz CT molecular complexity index is 549. The maximum Gasteiger partial charge on any atom is 0.337 e. The average Bonchev–Trinajstić information content (AvgIpc) is 2.46. The number of halogens is 1. The maximum atomic E-state index is 13.4.